The fourth-order valence-electron chi connectivity index (χ4n) is 17.6. The molecule has 32 heteroatoms. The zero-order valence-corrected chi connectivity index (χ0v) is 65.8. The molecule has 0 saturated heterocycles. The molecule has 21 rings (SSSR count). The van der Waals surface area contributed by atoms with Crippen molar-refractivity contribution in [2.75, 3.05) is 0 Å². The fraction of sp³-hybridized carbons (Fsp3) is 0.167. The third-order valence-electron chi connectivity index (χ3n) is 23.0. The number of rotatable bonds is 16. The van der Waals surface area contributed by atoms with Crippen LogP contribution in [0.2, 0.25) is 0 Å². The van der Waals surface area contributed by atoms with E-state index in [1.54, 1.807) is 24.3 Å². The van der Waals surface area contributed by atoms with Gasteiger partial charge in [-0.1, -0.05) is 0 Å². The van der Waals surface area contributed by atoms with Gasteiger partial charge in [0.1, 0.15) is 138 Å². The average molecular weight is 1720 g/mol. The molecular weight excluding hydrogens is 1670 g/mol. The topological polar surface area (TPSA) is 469 Å². The van der Waals surface area contributed by atoms with E-state index in [1.165, 1.54) is 121 Å². The minimum absolute atomic E-state index is 0.0351. The highest BCUT2D eigenvalue weighted by Crippen LogP contribution is 2.60. The zero-order valence-electron chi connectivity index (χ0n) is 65.8. The molecule has 128 heavy (non-hydrogen) atoms. The van der Waals surface area contributed by atoms with Crippen molar-refractivity contribution in [3.8, 4) is 138 Å². The van der Waals surface area contributed by atoms with E-state index in [9.17, 15) is 79.2 Å². The lowest BCUT2D eigenvalue weighted by Crippen LogP contribution is -2.28. The molecule has 0 amide bonds. The molecule has 0 fully saturated rings. The van der Waals surface area contributed by atoms with Crippen LogP contribution in [0.15, 0.2) is 194 Å². The molecule has 0 saturated carbocycles. The first-order valence-corrected chi connectivity index (χ1v) is 40.0. The molecule has 12 aromatic rings. The van der Waals surface area contributed by atoms with E-state index in [1.807, 2.05) is 0 Å². The Balaban J connectivity index is 0.980. The van der Waals surface area contributed by atoms with Crippen molar-refractivity contribution in [2.45, 2.75) is 100 Å². The van der Waals surface area contributed by atoms with Gasteiger partial charge in [0.2, 0.25) is 0 Å². The van der Waals surface area contributed by atoms with Crippen LogP contribution < -0.4 is 117 Å². The van der Waals surface area contributed by atoms with Crippen LogP contribution in [0, 0.1) is 0 Å². The molecule has 8 aliphatic heterocycles. The third kappa shape index (κ3) is 15.1. The number of carbonyl (C=O) groups is 8. The van der Waals surface area contributed by atoms with Crippen molar-refractivity contribution in [2.24, 2.45) is 0 Å². The van der Waals surface area contributed by atoms with Gasteiger partial charge in [-0.2, -0.15) is 0 Å². The second-order valence-corrected chi connectivity index (χ2v) is 31.5. The lowest BCUT2D eigenvalue weighted by molar-refractivity contribution is -0.307. The number of hydrogen-bond acceptors (Lipinski definition) is 32. The van der Waals surface area contributed by atoms with Gasteiger partial charge in [0.05, 0.1) is 23.9 Å². The SMILES string of the molecule is O=C([O-])CCC1c2cc3c4cc2OC2Oc5cc6c(cc51)C(CCC(=O)[O-])c1cc5c7cc1OC(O6)c1cc6cc(c1)Oc1cc(cc(C(=O)[O-])c1)Oc1cc8cc(c1)C(Oc1cc(c(cc1C5CCC(=O)[O-])C3CCC(=O)[O-])OC(O4)c1cc(cc(c1)Oc1cc(cc(C(=O)[O-])c1)O8)Oc1cc(cc(C(=O)[O-])c1)Oc1cc(cc2c1)Oc1cc(cc(C(=O)[O-])c1)O6)O7. The zero-order chi connectivity index (χ0) is 87.9. The largest absolute Gasteiger partial charge is 0.550 e. The Labute approximate surface area is 720 Å². The van der Waals surface area contributed by atoms with Crippen molar-refractivity contribution in [3.05, 3.63) is 283 Å². The first-order valence-electron chi connectivity index (χ1n) is 40.0. The number of fused-ring (bicyclic) bond motifs is 16. The Kier molecular flexibility index (Phi) is 18.8. The summed E-state index contributed by atoms with van der Waals surface area (Å²) < 4.78 is 113. The Bertz CT molecular complexity index is 5770. The van der Waals surface area contributed by atoms with Gasteiger partial charge in [0.25, 0.3) is 25.2 Å². The summed E-state index contributed by atoms with van der Waals surface area (Å²) in [7, 11) is 0. The first kappa shape index (κ1) is 78.5. The summed E-state index contributed by atoms with van der Waals surface area (Å²) in [6, 6.07) is 42.9. The summed E-state index contributed by atoms with van der Waals surface area (Å²) in [4.78, 5) is 108. The minimum atomic E-state index is -1.87. The van der Waals surface area contributed by atoms with E-state index in [0.717, 1.165) is 48.5 Å². The average Bonchev–Trinajstić information content (AvgIpc) is 0.725. The van der Waals surface area contributed by atoms with E-state index < -0.39 is 145 Å². The summed E-state index contributed by atoms with van der Waals surface area (Å²) in [6.07, 6.45) is -11.9. The summed E-state index contributed by atoms with van der Waals surface area (Å²) in [5, 5.41) is 108. The molecule has 32 nitrogen and oxygen atoms in total. The fourth-order valence-corrected chi connectivity index (χ4v) is 17.6. The summed E-state index contributed by atoms with van der Waals surface area (Å²) >= 11 is 0. The Morgan fingerprint density at radius 3 is 0.461 bits per heavy atom. The standard InChI is InChI=1S/C96H64O32/c97-85(98)5-1-65-69-33-71-66(2-6-86(99)100)73-35-75-68(4-8-88(103)104)76-36-74-67(3-7-87(101)102)72-34-70(65)78-38-80(72)124-95-47-20-60-31-62(22-47)118-54-14-44(92(111)112)16-56(28-54)120-64-24-48-23-63(32-64)119-55-15-43(91(109)110)13-53(27-55)117-61-21-46-19-59(30-61)115-51-11-41(89(105)106)9-49(25-51)113-57-17-45(18-58(29-57)114-50-10-42(90(107)108)12-52(26-50)116-60)93(122-78)121-77(69)37-79(71)123-94(46)125-81(73)39-83(75)127-96(48)128-84(76)40-82(74)126-95/h9-40,65-68,93-96H,1-8H2,(H,97,98)(H,99,100)(H,101,102)(H,103,104)(H,105,106)(H,107,108)(H,109,110)(H,111,112)/p-8. The number of benzene rings is 12. The van der Waals surface area contributed by atoms with Crippen LogP contribution >= 0.6 is 0 Å². The number of carbonyl (C=O) groups excluding carboxylic acids is 8. The molecule has 0 radical (unpaired) electrons. The van der Waals surface area contributed by atoms with Gasteiger partial charge in [0.15, 0.2) is 0 Å². The van der Waals surface area contributed by atoms with Crippen molar-refractivity contribution in [1.82, 2.24) is 0 Å². The summed E-state index contributed by atoms with van der Waals surface area (Å²) in [6.45, 7) is 0. The highest BCUT2D eigenvalue weighted by Gasteiger charge is 2.43. The van der Waals surface area contributed by atoms with E-state index >= 15 is 0 Å². The molecule has 40 bridgehead atoms. The number of carboxylic acids is 8. The maximum absolute atomic E-state index is 13.5. The maximum Gasteiger partial charge on any atom is 0.267 e. The van der Waals surface area contributed by atoms with Crippen LogP contribution in [0.5, 0.6) is 138 Å². The lowest BCUT2D eigenvalue weighted by Gasteiger charge is -2.38. The smallest absolute Gasteiger partial charge is 0.267 e. The number of ether oxygens (including phenoxy) is 16. The molecular formula is C96H56O32-8. The van der Waals surface area contributed by atoms with E-state index in [4.69, 9.17) is 75.8 Å². The van der Waals surface area contributed by atoms with E-state index in [0.29, 0.717) is 0 Å². The van der Waals surface area contributed by atoms with E-state index in [-0.39, 0.29) is 230 Å². The van der Waals surface area contributed by atoms with Crippen molar-refractivity contribution in [3.63, 3.8) is 0 Å². The van der Waals surface area contributed by atoms with Gasteiger partial charge in [-0.25, -0.2) is 0 Å². The molecule has 9 aliphatic rings. The molecule has 0 unspecified atom stereocenters. The van der Waals surface area contributed by atoms with E-state index in [2.05, 4.69) is 0 Å². The summed E-state index contributed by atoms with van der Waals surface area (Å²) in [5.41, 5.74) is -1.18. The normalized spacial score (nSPS) is 18.5. The number of aliphatic carboxylic acids is 4. The predicted octanol–water partition coefficient (Wildman–Crippen LogP) is 9.57. The quantitative estimate of drug-likeness (QED) is 0.0868. The second-order valence-electron chi connectivity index (χ2n) is 31.5. The van der Waals surface area contributed by atoms with Crippen molar-refractivity contribution >= 4 is 47.8 Å². The van der Waals surface area contributed by atoms with Crippen LogP contribution in [0.4, 0.5) is 0 Å². The van der Waals surface area contributed by atoms with Crippen LogP contribution in [0.3, 0.4) is 0 Å². The maximum atomic E-state index is 13.5. The molecule has 0 atom stereocenters. The molecule has 8 heterocycles. The van der Waals surface area contributed by atoms with Crippen LogP contribution in [0.25, 0.3) is 0 Å². The number of hydrogen-bond donors (Lipinski definition) is 0. The van der Waals surface area contributed by atoms with Gasteiger partial charge in [0, 0.05) is 209 Å². The van der Waals surface area contributed by atoms with Crippen molar-refractivity contribution < 1.29 is 155 Å². The van der Waals surface area contributed by atoms with Gasteiger partial charge >= 0.3 is 0 Å². The Morgan fingerprint density at radius 1 is 0.188 bits per heavy atom. The molecule has 1 aliphatic carbocycles. The van der Waals surface area contributed by atoms with Gasteiger partial charge < -0.3 is 155 Å². The first-order chi connectivity index (χ1) is 61.7. The van der Waals surface area contributed by atoms with Crippen LogP contribution in [-0.4, -0.2) is 47.8 Å². The van der Waals surface area contributed by atoms with Crippen LogP contribution in [-0.2, 0) is 19.2 Å². The number of carboxylic acid groups (broad SMARTS) is 8. The van der Waals surface area contributed by atoms with Crippen molar-refractivity contribution in [1.29, 1.82) is 0 Å². The second kappa shape index (κ2) is 30.6. The summed E-state index contributed by atoms with van der Waals surface area (Å²) in [5.74, 6) is -23.3. The molecule has 640 valence electrons. The van der Waals surface area contributed by atoms with Gasteiger partial charge in [-0.15, -0.1) is 0 Å². The highest BCUT2D eigenvalue weighted by molar-refractivity contribution is 5.89. The highest BCUT2D eigenvalue weighted by atomic mass is 16.7. The predicted molar refractivity (Wildman–Crippen MR) is 416 cm³/mol. The molecule has 0 aromatic heterocycles. The molecule has 12 aromatic carbocycles. The molecule has 0 N–H and O–H groups in total. The van der Waals surface area contributed by atoms with Crippen LogP contribution in [0.1, 0.15) is 208 Å². The van der Waals surface area contributed by atoms with Gasteiger partial charge in [-0.05, 0) is 173 Å². The third-order valence-corrected chi connectivity index (χ3v) is 23.0. The number of aromatic carboxylic acids is 4. The minimum Gasteiger partial charge on any atom is -0.550 e. The Morgan fingerprint density at radius 2 is 0.328 bits per heavy atom. The van der Waals surface area contributed by atoms with Gasteiger partial charge in [-0.3, -0.25) is 0 Å². The molecule has 0 spiro atoms. The lowest BCUT2D eigenvalue weighted by atomic mass is 9.76. The monoisotopic (exact) mass is 1720 g/mol. The Hall–Kier alpha value is -16.8.